The Morgan fingerprint density at radius 1 is 1.39 bits per heavy atom. The smallest absolute Gasteiger partial charge is 0.414 e. The number of aromatic nitrogens is 1. The number of anilines is 1. The number of hydrogen-bond donors (Lipinski definition) is 3. The highest BCUT2D eigenvalue weighted by molar-refractivity contribution is 5.90. The number of pyridine rings is 1. The van der Waals surface area contributed by atoms with Crippen LogP contribution in [-0.4, -0.2) is 60.0 Å². The molecule has 1 aromatic carbocycles. The van der Waals surface area contributed by atoms with Gasteiger partial charge in [-0.3, -0.25) is 10.3 Å². The summed E-state index contributed by atoms with van der Waals surface area (Å²) in [6, 6.07) is 7.94. The lowest BCUT2D eigenvalue weighted by Gasteiger charge is -2.14. The van der Waals surface area contributed by atoms with Crippen LogP contribution < -0.4 is 15.8 Å². The van der Waals surface area contributed by atoms with Crippen LogP contribution in [0.1, 0.15) is 0 Å². The van der Waals surface area contributed by atoms with E-state index >= 15 is 0 Å². The van der Waals surface area contributed by atoms with Crippen molar-refractivity contribution in [3.63, 3.8) is 0 Å². The molecule has 9 nitrogen and oxygen atoms in total. The molecule has 2 aliphatic heterocycles. The number of carbonyl (C=O) groups is 1. The highest BCUT2D eigenvalue weighted by atomic mass is 19.1. The van der Waals surface area contributed by atoms with E-state index in [1.165, 1.54) is 11.0 Å². The van der Waals surface area contributed by atoms with E-state index in [2.05, 4.69) is 20.8 Å². The van der Waals surface area contributed by atoms with Gasteiger partial charge in [0, 0.05) is 24.4 Å². The molecule has 0 radical (unpaired) electrons. The van der Waals surface area contributed by atoms with Gasteiger partial charge in [-0.1, -0.05) is 0 Å². The Bertz CT molecular complexity index is 920. The Morgan fingerprint density at radius 3 is 2.86 bits per heavy atom. The molecular formula is C18H19FN6O3. The Hall–Kier alpha value is -3.08. The van der Waals surface area contributed by atoms with Gasteiger partial charge in [-0.05, 0) is 30.3 Å². The van der Waals surface area contributed by atoms with E-state index in [9.17, 15) is 9.18 Å². The molecule has 3 heterocycles. The van der Waals surface area contributed by atoms with Crippen molar-refractivity contribution >= 4 is 23.4 Å². The average molecular weight is 386 g/mol. The second-order valence-electron chi connectivity index (χ2n) is 6.43. The van der Waals surface area contributed by atoms with Gasteiger partial charge >= 0.3 is 6.09 Å². The standard InChI is InChI=1S/C18H19FN6O3/c1-24-21-8-17(23-24)22-16-5-2-11(7-20-16)14-4-3-12(6-15(14)19)25-9-13(10-26)28-18(25)27/h2-7,13,21,26H,8-10H2,1H3,(H,20,22,23). The zero-order valence-corrected chi connectivity index (χ0v) is 15.1. The number of ether oxygens (including phenoxy) is 1. The number of nitrogens with one attached hydrogen (secondary N) is 2. The number of amidine groups is 1. The predicted octanol–water partition coefficient (Wildman–Crippen LogP) is 1.19. The van der Waals surface area contributed by atoms with E-state index in [0.717, 1.165) is 5.84 Å². The van der Waals surface area contributed by atoms with Gasteiger partial charge in [0.1, 0.15) is 17.8 Å². The van der Waals surface area contributed by atoms with Crippen molar-refractivity contribution in [2.24, 2.45) is 4.99 Å². The molecule has 0 spiro atoms. The van der Waals surface area contributed by atoms with E-state index < -0.39 is 18.0 Å². The topological polar surface area (TPSA) is 102 Å². The number of rotatable bonds is 4. The van der Waals surface area contributed by atoms with E-state index in [1.54, 1.807) is 35.6 Å². The van der Waals surface area contributed by atoms with Crippen molar-refractivity contribution in [2.75, 3.05) is 31.6 Å². The number of hydrazine groups is 2. The molecule has 0 saturated carbocycles. The van der Waals surface area contributed by atoms with Crippen LogP contribution in [0.4, 0.5) is 20.7 Å². The van der Waals surface area contributed by atoms with E-state index in [4.69, 9.17) is 9.84 Å². The molecule has 10 heteroatoms. The number of cyclic esters (lactones) is 1. The fourth-order valence-electron chi connectivity index (χ4n) is 3.01. The number of carbonyl (C=O) groups excluding carboxylic acids is 1. The van der Waals surface area contributed by atoms with Crippen LogP contribution in [0.5, 0.6) is 0 Å². The van der Waals surface area contributed by atoms with E-state index in [-0.39, 0.29) is 13.2 Å². The zero-order chi connectivity index (χ0) is 19.7. The summed E-state index contributed by atoms with van der Waals surface area (Å²) < 4.78 is 19.6. The molecular weight excluding hydrogens is 367 g/mol. The number of benzene rings is 1. The third-order valence-corrected chi connectivity index (χ3v) is 4.43. The summed E-state index contributed by atoms with van der Waals surface area (Å²) >= 11 is 0. The molecule has 1 amide bonds. The summed E-state index contributed by atoms with van der Waals surface area (Å²) in [5.41, 5.74) is 7.39. The Labute approximate surface area is 160 Å². The van der Waals surface area contributed by atoms with E-state index in [1.807, 2.05) is 7.05 Å². The number of halogens is 1. The second kappa shape index (κ2) is 7.50. The Morgan fingerprint density at radius 2 is 2.25 bits per heavy atom. The molecule has 1 aromatic heterocycles. The second-order valence-corrected chi connectivity index (χ2v) is 6.43. The Balaban J connectivity index is 1.52. The lowest BCUT2D eigenvalue weighted by atomic mass is 10.1. The van der Waals surface area contributed by atoms with Gasteiger partial charge in [0.15, 0.2) is 5.82 Å². The number of hydrogen-bond acceptors (Lipinski definition) is 7. The first-order valence-corrected chi connectivity index (χ1v) is 8.70. The molecule has 0 bridgehead atoms. The summed E-state index contributed by atoms with van der Waals surface area (Å²) in [7, 11) is 1.83. The predicted molar refractivity (Wildman–Crippen MR) is 100 cm³/mol. The minimum absolute atomic E-state index is 0.183. The number of amides is 1. The monoisotopic (exact) mass is 386 g/mol. The fourth-order valence-corrected chi connectivity index (χ4v) is 3.01. The highest BCUT2D eigenvalue weighted by Crippen LogP contribution is 2.29. The molecule has 4 rings (SSSR count). The first-order valence-electron chi connectivity index (χ1n) is 8.70. The molecule has 28 heavy (non-hydrogen) atoms. The van der Waals surface area contributed by atoms with Crippen LogP contribution in [0, 0.1) is 5.82 Å². The SMILES string of the molecule is CN1NCC(=Nc2ccc(-c3ccc(N4CC(CO)OC4=O)cc3F)cn2)N1. The maximum atomic E-state index is 14.7. The van der Waals surface area contributed by atoms with Gasteiger partial charge in [-0.15, -0.1) is 0 Å². The number of aliphatic hydroxyl groups excluding tert-OH is 1. The lowest BCUT2D eigenvalue weighted by Crippen LogP contribution is -2.34. The third kappa shape index (κ3) is 3.65. The molecule has 0 aliphatic carbocycles. The first-order chi connectivity index (χ1) is 13.5. The van der Waals surface area contributed by atoms with Crippen LogP contribution >= 0.6 is 0 Å². The molecule has 146 valence electrons. The van der Waals surface area contributed by atoms with Gasteiger partial charge < -0.3 is 9.84 Å². The third-order valence-electron chi connectivity index (χ3n) is 4.43. The van der Waals surface area contributed by atoms with Gasteiger partial charge in [-0.25, -0.2) is 24.6 Å². The van der Waals surface area contributed by atoms with Crippen molar-refractivity contribution in [3.05, 3.63) is 42.3 Å². The quantitative estimate of drug-likeness (QED) is 0.725. The fraction of sp³-hybridized carbons (Fsp3) is 0.278. The van der Waals surface area contributed by atoms with Crippen LogP contribution in [0.2, 0.25) is 0 Å². The van der Waals surface area contributed by atoms with Crippen LogP contribution in [0.25, 0.3) is 11.1 Å². The van der Waals surface area contributed by atoms with Crippen molar-refractivity contribution in [2.45, 2.75) is 6.10 Å². The molecule has 1 atom stereocenters. The van der Waals surface area contributed by atoms with Gasteiger partial charge in [-0.2, -0.15) is 5.12 Å². The van der Waals surface area contributed by atoms with E-state index in [0.29, 0.717) is 29.2 Å². The van der Waals surface area contributed by atoms with Crippen molar-refractivity contribution in [1.82, 2.24) is 21.0 Å². The summed E-state index contributed by atoms with van der Waals surface area (Å²) in [6.07, 6.45) is 0.352. The average Bonchev–Trinajstić information content (AvgIpc) is 3.27. The minimum Gasteiger partial charge on any atom is -0.441 e. The maximum absolute atomic E-state index is 14.7. The number of nitrogens with zero attached hydrogens (tertiary/aromatic N) is 4. The van der Waals surface area contributed by atoms with Crippen LogP contribution in [-0.2, 0) is 4.74 Å². The van der Waals surface area contributed by atoms with Crippen molar-refractivity contribution in [3.8, 4) is 11.1 Å². The number of aliphatic imine (C=N–C) groups is 1. The molecule has 2 fully saturated rings. The molecule has 3 N–H and O–H groups in total. The molecule has 2 aliphatic rings. The molecule has 2 aromatic rings. The van der Waals surface area contributed by atoms with Crippen molar-refractivity contribution in [1.29, 1.82) is 0 Å². The summed E-state index contributed by atoms with van der Waals surface area (Å²) in [4.78, 5) is 21.8. The largest absolute Gasteiger partial charge is 0.441 e. The maximum Gasteiger partial charge on any atom is 0.414 e. The van der Waals surface area contributed by atoms with Gasteiger partial charge in [0.05, 0.1) is 25.4 Å². The first kappa shape index (κ1) is 18.3. The molecule has 1 unspecified atom stereocenters. The molecule has 2 saturated heterocycles. The van der Waals surface area contributed by atoms with Gasteiger partial charge in [0.2, 0.25) is 0 Å². The lowest BCUT2D eigenvalue weighted by molar-refractivity contribution is 0.0963. The van der Waals surface area contributed by atoms with Gasteiger partial charge in [0.25, 0.3) is 0 Å². The van der Waals surface area contributed by atoms with Crippen LogP contribution in [0.15, 0.2) is 41.5 Å². The number of aliphatic hydroxyl groups is 1. The summed E-state index contributed by atoms with van der Waals surface area (Å²) in [6.45, 7) is 0.488. The van der Waals surface area contributed by atoms with Crippen molar-refractivity contribution < 1.29 is 19.0 Å². The Kier molecular flexibility index (Phi) is 4.90. The summed E-state index contributed by atoms with van der Waals surface area (Å²) in [5.74, 6) is 0.758. The normalized spacial score (nSPS) is 21.2. The van der Waals surface area contributed by atoms with Crippen LogP contribution in [0.3, 0.4) is 0 Å². The summed E-state index contributed by atoms with van der Waals surface area (Å²) in [5, 5.41) is 10.8. The zero-order valence-electron chi connectivity index (χ0n) is 15.1. The minimum atomic E-state index is -0.600. The highest BCUT2D eigenvalue weighted by Gasteiger charge is 2.32.